The molecule has 6 heteroatoms. The van der Waals surface area contributed by atoms with Gasteiger partial charge in [0.25, 0.3) is 5.91 Å². The lowest BCUT2D eigenvalue weighted by Gasteiger charge is -2.19. The van der Waals surface area contributed by atoms with Gasteiger partial charge in [0.15, 0.2) is 0 Å². The van der Waals surface area contributed by atoms with E-state index in [1.54, 1.807) is 0 Å². The molecule has 1 heterocycles. The average molecular weight is 276 g/mol. The Morgan fingerprint density at radius 2 is 2.24 bits per heavy atom. The Morgan fingerprint density at radius 3 is 2.76 bits per heavy atom. The van der Waals surface area contributed by atoms with Gasteiger partial charge in [0.2, 0.25) is 0 Å². The fourth-order valence-corrected chi connectivity index (χ4v) is 2.44. The van der Waals surface area contributed by atoms with Crippen LogP contribution in [0.15, 0.2) is 0 Å². The summed E-state index contributed by atoms with van der Waals surface area (Å²) < 4.78 is 3.84. The Hall–Kier alpha value is -0.680. The SMILES string of the molecule is CCCc1nnsc1C(=O)NC(CCl)C(C)C. The van der Waals surface area contributed by atoms with Gasteiger partial charge in [-0.15, -0.1) is 16.7 Å². The minimum Gasteiger partial charge on any atom is -0.347 e. The maximum absolute atomic E-state index is 12.0. The second-order valence-electron chi connectivity index (χ2n) is 4.28. The molecule has 0 aliphatic rings. The topological polar surface area (TPSA) is 54.9 Å². The van der Waals surface area contributed by atoms with Crippen molar-refractivity contribution in [3.63, 3.8) is 0 Å². The van der Waals surface area contributed by atoms with Crippen LogP contribution in [0.4, 0.5) is 0 Å². The van der Waals surface area contributed by atoms with Crippen LogP contribution in [-0.4, -0.2) is 27.4 Å². The second kappa shape index (κ2) is 6.91. The van der Waals surface area contributed by atoms with Crippen LogP contribution in [0.3, 0.4) is 0 Å². The quantitative estimate of drug-likeness (QED) is 0.812. The third kappa shape index (κ3) is 3.92. The van der Waals surface area contributed by atoms with E-state index in [1.165, 1.54) is 0 Å². The van der Waals surface area contributed by atoms with Gasteiger partial charge >= 0.3 is 0 Å². The Balaban J connectivity index is 2.71. The number of halogens is 1. The molecule has 1 rings (SSSR count). The van der Waals surface area contributed by atoms with E-state index in [-0.39, 0.29) is 11.9 Å². The molecule has 0 aliphatic carbocycles. The van der Waals surface area contributed by atoms with Crippen molar-refractivity contribution in [2.75, 3.05) is 5.88 Å². The van der Waals surface area contributed by atoms with Crippen LogP contribution in [0.25, 0.3) is 0 Å². The summed E-state index contributed by atoms with van der Waals surface area (Å²) >= 11 is 6.97. The summed E-state index contributed by atoms with van der Waals surface area (Å²) in [6.07, 6.45) is 1.74. The highest BCUT2D eigenvalue weighted by Crippen LogP contribution is 2.14. The summed E-state index contributed by atoms with van der Waals surface area (Å²) in [5.41, 5.74) is 0.784. The second-order valence-corrected chi connectivity index (χ2v) is 5.34. The van der Waals surface area contributed by atoms with E-state index in [1.807, 2.05) is 13.8 Å². The number of rotatable bonds is 6. The highest BCUT2D eigenvalue weighted by atomic mass is 35.5. The van der Waals surface area contributed by atoms with Gasteiger partial charge in [-0.05, 0) is 23.9 Å². The number of amides is 1. The molecule has 1 amide bonds. The molecule has 4 nitrogen and oxygen atoms in total. The van der Waals surface area contributed by atoms with Crippen molar-refractivity contribution < 1.29 is 4.79 Å². The van der Waals surface area contributed by atoms with Crippen molar-refractivity contribution in [1.82, 2.24) is 14.9 Å². The number of nitrogens with zero attached hydrogens (tertiary/aromatic N) is 2. The molecule has 0 fully saturated rings. The minimum absolute atomic E-state index is 0.0132. The summed E-state index contributed by atoms with van der Waals surface area (Å²) in [6, 6.07) is -0.0132. The Bertz CT molecular complexity index is 367. The van der Waals surface area contributed by atoms with Gasteiger partial charge in [-0.25, -0.2) is 0 Å². The Morgan fingerprint density at radius 1 is 1.53 bits per heavy atom. The molecule has 0 bridgehead atoms. The van der Waals surface area contributed by atoms with E-state index in [9.17, 15) is 4.79 Å². The van der Waals surface area contributed by atoms with Crippen molar-refractivity contribution in [3.8, 4) is 0 Å². The van der Waals surface area contributed by atoms with Gasteiger partial charge in [0.05, 0.1) is 5.69 Å². The van der Waals surface area contributed by atoms with Gasteiger partial charge in [-0.2, -0.15) is 0 Å². The molecule has 1 aromatic rings. The summed E-state index contributed by atoms with van der Waals surface area (Å²) in [5, 5.41) is 6.91. The van der Waals surface area contributed by atoms with Crippen molar-refractivity contribution in [3.05, 3.63) is 10.6 Å². The number of nitrogens with one attached hydrogen (secondary N) is 1. The molecule has 1 N–H and O–H groups in total. The molecule has 0 saturated carbocycles. The number of carbonyl (C=O) groups excluding carboxylic acids is 1. The van der Waals surface area contributed by atoms with Crippen LogP contribution in [0.5, 0.6) is 0 Å². The number of hydrogen-bond donors (Lipinski definition) is 1. The smallest absolute Gasteiger partial charge is 0.265 e. The van der Waals surface area contributed by atoms with Crippen LogP contribution in [-0.2, 0) is 6.42 Å². The summed E-state index contributed by atoms with van der Waals surface area (Å²) in [5.74, 6) is 0.619. The fraction of sp³-hybridized carbons (Fsp3) is 0.727. The summed E-state index contributed by atoms with van der Waals surface area (Å²) in [6.45, 7) is 6.12. The van der Waals surface area contributed by atoms with Crippen molar-refractivity contribution in [1.29, 1.82) is 0 Å². The molecule has 0 aromatic carbocycles. The average Bonchev–Trinajstić information content (AvgIpc) is 2.74. The molecular weight excluding hydrogens is 258 g/mol. The van der Waals surface area contributed by atoms with Gasteiger partial charge in [0, 0.05) is 11.9 Å². The van der Waals surface area contributed by atoms with Gasteiger partial charge in [-0.1, -0.05) is 31.7 Å². The molecule has 1 atom stereocenters. The third-order valence-corrected chi connectivity index (χ3v) is 3.64. The summed E-state index contributed by atoms with van der Waals surface area (Å²) in [7, 11) is 0. The van der Waals surface area contributed by atoms with Crippen molar-refractivity contribution in [2.45, 2.75) is 39.7 Å². The van der Waals surface area contributed by atoms with Crippen LogP contribution in [0, 0.1) is 5.92 Å². The summed E-state index contributed by atoms with van der Waals surface area (Å²) in [4.78, 5) is 12.6. The molecule has 0 aliphatic heterocycles. The highest BCUT2D eigenvalue weighted by Gasteiger charge is 2.20. The van der Waals surface area contributed by atoms with Gasteiger partial charge in [-0.3, -0.25) is 4.79 Å². The zero-order valence-corrected chi connectivity index (χ0v) is 11.9. The molecule has 0 radical (unpaired) electrons. The molecular formula is C11H18ClN3OS. The first-order valence-corrected chi connectivity index (χ1v) is 7.09. The van der Waals surface area contributed by atoms with Crippen LogP contribution in [0.1, 0.15) is 42.6 Å². The Kier molecular flexibility index (Phi) is 5.85. The third-order valence-electron chi connectivity index (χ3n) is 2.54. The van der Waals surface area contributed by atoms with Crippen molar-refractivity contribution >= 4 is 29.0 Å². The lowest BCUT2D eigenvalue weighted by atomic mass is 10.1. The zero-order chi connectivity index (χ0) is 12.8. The minimum atomic E-state index is -0.109. The lowest BCUT2D eigenvalue weighted by Crippen LogP contribution is -2.39. The number of aromatic nitrogens is 2. The molecule has 0 saturated heterocycles. The van der Waals surface area contributed by atoms with E-state index >= 15 is 0 Å². The monoisotopic (exact) mass is 275 g/mol. The Labute approximate surface area is 111 Å². The maximum atomic E-state index is 12.0. The van der Waals surface area contributed by atoms with E-state index in [0.717, 1.165) is 30.1 Å². The molecule has 17 heavy (non-hydrogen) atoms. The first-order chi connectivity index (χ1) is 8.10. The van der Waals surface area contributed by atoms with Crippen LogP contribution >= 0.6 is 23.1 Å². The molecule has 1 aromatic heterocycles. The maximum Gasteiger partial charge on any atom is 0.265 e. The van der Waals surface area contributed by atoms with Gasteiger partial charge in [0.1, 0.15) is 4.88 Å². The van der Waals surface area contributed by atoms with E-state index in [4.69, 9.17) is 11.6 Å². The van der Waals surface area contributed by atoms with E-state index < -0.39 is 0 Å². The predicted octanol–water partition coefficient (Wildman–Crippen LogP) is 2.48. The lowest BCUT2D eigenvalue weighted by molar-refractivity contribution is 0.0934. The van der Waals surface area contributed by atoms with Crippen LogP contribution < -0.4 is 5.32 Å². The first-order valence-electron chi connectivity index (χ1n) is 5.78. The van der Waals surface area contributed by atoms with Crippen molar-refractivity contribution in [2.24, 2.45) is 5.92 Å². The highest BCUT2D eigenvalue weighted by molar-refractivity contribution is 7.08. The zero-order valence-electron chi connectivity index (χ0n) is 10.4. The van der Waals surface area contributed by atoms with Gasteiger partial charge < -0.3 is 5.32 Å². The first kappa shape index (κ1) is 14.4. The molecule has 1 unspecified atom stereocenters. The standard InChI is InChI=1S/C11H18ClN3OS/c1-4-5-8-10(17-15-14-8)11(16)13-9(6-12)7(2)3/h7,9H,4-6H2,1-3H3,(H,13,16). The number of alkyl halides is 1. The largest absolute Gasteiger partial charge is 0.347 e. The van der Waals surface area contributed by atoms with Crippen LogP contribution in [0.2, 0.25) is 0 Å². The van der Waals surface area contributed by atoms with E-state index in [0.29, 0.717) is 16.7 Å². The predicted molar refractivity (Wildman–Crippen MR) is 70.7 cm³/mol. The number of hydrogen-bond acceptors (Lipinski definition) is 4. The molecule has 0 spiro atoms. The molecule has 96 valence electrons. The van der Waals surface area contributed by atoms with E-state index in [2.05, 4.69) is 21.8 Å². The number of aryl methyl sites for hydroxylation is 1. The number of carbonyl (C=O) groups is 1. The normalized spacial score (nSPS) is 12.8. The fourth-order valence-electron chi connectivity index (χ4n) is 1.40.